The summed E-state index contributed by atoms with van der Waals surface area (Å²) in [7, 11) is 0. The van der Waals surface area contributed by atoms with Gasteiger partial charge in [-0.15, -0.1) is 0 Å². The van der Waals surface area contributed by atoms with E-state index >= 15 is 0 Å². The minimum Gasteiger partial charge on any atom is -0.506 e. The van der Waals surface area contributed by atoms with Gasteiger partial charge in [0.2, 0.25) is 0 Å². The van der Waals surface area contributed by atoms with E-state index in [0.29, 0.717) is 11.4 Å². The molecule has 4 nitrogen and oxygen atoms in total. The molecule has 0 saturated heterocycles. The molecule has 1 aliphatic heterocycles. The molecule has 0 spiro atoms. The first-order valence-corrected chi connectivity index (χ1v) is 8.79. The van der Waals surface area contributed by atoms with E-state index in [-0.39, 0.29) is 11.7 Å². The summed E-state index contributed by atoms with van der Waals surface area (Å²) in [6.45, 7) is 0. The fourth-order valence-electron chi connectivity index (χ4n) is 2.85. The van der Waals surface area contributed by atoms with Crippen LogP contribution < -0.4 is 4.90 Å². The number of rotatable bonds is 2. The Balaban J connectivity index is 1.87. The van der Waals surface area contributed by atoms with Crippen LogP contribution in [0.5, 0.6) is 5.75 Å². The molecular formula is C20H13IN2O2. The van der Waals surface area contributed by atoms with Crippen molar-refractivity contribution in [3.63, 3.8) is 0 Å². The number of amides is 1. The van der Waals surface area contributed by atoms with Crippen molar-refractivity contribution >= 4 is 51.3 Å². The van der Waals surface area contributed by atoms with Crippen LogP contribution in [0.15, 0.2) is 77.8 Å². The third-order valence-electron chi connectivity index (χ3n) is 3.99. The van der Waals surface area contributed by atoms with Gasteiger partial charge in [-0.1, -0.05) is 36.4 Å². The number of phenols is 1. The normalized spacial score (nSPS) is 14.8. The zero-order valence-corrected chi connectivity index (χ0v) is 15.2. The first-order chi connectivity index (χ1) is 12.1. The highest BCUT2D eigenvalue weighted by Crippen LogP contribution is 2.37. The summed E-state index contributed by atoms with van der Waals surface area (Å²) in [4.78, 5) is 19.2. The smallest absolute Gasteiger partial charge is 0.282 e. The van der Waals surface area contributed by atoms with E-state index in [4.69, 9.17) is 0 Å². The summed E-state index contributed by atoms with van der Waals surface area (Å²) in [6.07, 6.45) is 0. The second-order valence-corrected chi connectivity index (χ2v) is 6.83. The molecule has 0 aliphatic carbocycles. The zero-order valence-electron chi connectivity index (χ0n) is 13.1. The van der Waals surface area contributed by atoms with Crippen molar-refractivity contribution in [3.05, 3.63) is 81.9 Å². The van der Waals surface area contributed by atoms with Gasteiger partial charge in [0.25, 0.3) is 5.91 Å². The number of nitrogens with zero attached hydrogens (tertiary/aromatic N) is 2. The Morgan fingerprint density at radius 2 is 1.64 bits per heavy atom. The Labute approximate surface area is 158 Å². The predicted molar refractivity (Wildman–Crippen MR) is 107 cm³/mol. The van der Waals surface area contributed by atoms with Gasteiger partial charge in [0, 0.05) is 14.8 Å². The number of phenolic OH excluding ortho intramolecular Hbond substituents is 1. The molecule has 1 aliphatic rings. The molecule has 0 fully saturated rings. The summed E-state index contributed by atoms with van der Waals surface area (Å²) in [5.74, 6) is -0.145. The molecule has 0 atom stereocenters. The molecule has 122 valence electrons. The summed E-state index contributed by atoms with van der Waals surface area (Å²) in [5.41, 5.74) is 3.05. The number of carbonyl (C=O) groups excluding carboxylic acids is 1. The van der Waals surface area contributed by atoms with Crippen molar-refractivity contribution in [2.45, 2.75) is 0 Å². The van der Waals surface area contributed by atoms with Crippen LogP contribution in [-0.2, 0) is 4.79 Å². The predicted octanol–water partition coefficient (Wildman–Crippen LogP) is 4.80. The van der Waals surface area contributed by atoms with Crippen LogP contribution in [0.1, 0.15) is 5.56 Å². The molecular weight excluding hydrogens is 427 g/mol. The van der Waals surface area contributed by atoms with E-state index in [2.05, 4.69) is 27.6 Å². The van der Waals surface area contributed by atoms with E-state index in [1.54, 1.807) is 17.0 Å². The van der Waals surface area contributed by atoms with Gasteiger partial charge in [-0.05, 0) is 59.0 Å². The van der Waals surface area contributed by atoms with Crippen LogP contribution in [-0.4, -0.2) is 16.7 Å². The maximum absolute atomic E-state index is 13.1. The van der Waals surface area contributed by atoms with Gasteiger partial charge in [-0.3, -0.25) is 9.69 Å². The highest BCUT2D eigenvalue weighted by atomic mass is 127. The lowest BCUT2D eigenvalue weighted by molar-refractivity contribution is -0.111. The third-order valence-corrected chi connectivity index (χ3v) is 4.66. The van der Waals surface area contributed by atoms with Crippen molar-refractivity contribution in [2.75, 3.05) is 4.90 Å². The van der Waals surface area contributed by atoms with E-state index in [9.17, 15) is 9.90 Å². The average molecular weight is 440 g/mol. The maximum atomic E-state index is 13.1. The molecule has 3 aromatic carbocycles. The minimum absolute atomic E-state index is 0.0582. The number of hydrogen-bond acceptors (Lipinski definition) is 3. The lowest BCUT2D eigenvalue weighted by atomic mass is 10.1. The van der Waals surface area contributed by atoms with Crippen molar-refractivity contribution < 1.29 is 9.90 Å². The number of para-hydroxylation sites is 2. The van der Waals surface area contributed by atoms with Crippen LogP contribution in [0.25, 0.3) is 0 Å². The number of fused-ring (bicyclic) bond motifs is 1. The summed E-state index contributed by atoms with van der Waals surface area (Å²) >= 11 is 2.12. The Morgan fingerprint density at radius 1 is 0.920 bits per heavy atom. The number of benzene rings is 3. The molecule has 0 saturated carbocycles. The minimum atomic E-state index is -0.203. The summed E-state index contributed by atoms with van der Waals surface area (Å²) < 4.78 is 0.906. The molecule has 1 heterocycles. The fraction of sp³-hybridized carbons (Fsp3) is 0. The Hall–Kier alpha value is -2.67. The SMILES string of the molecule is O=C1C(=Nc2ccc(I)cc2O)c2ccccc2N1c1ccccc1. The zero-order chi connectivity index (χ0) is 17.4. The molecule has 1 N–H and O–H groups in total. The topological polar surface area (TPSA) is 52.9 Å². The highest BCUT2D eigenvalue weighted by Gasteiger charge is 2.34. The molecule has 25 heavy (non-hydrogen) atoms. The standard InChI is InChI=1S/C20H13IN2O2/c21-13-10-11-16(18(24)12-13)22-19-15-8-4-5-9-17(15)23(20(19)25)14-6-2-1-3-7-14/h1-12,24H. The quantitative estimate of drug-likeness (QED) is 0.583. The molecule has 0 unspecified atom stereocenters. The van der Waals surface area contributed by atoms with E-state index in [1.165, 1.54) is 0 Å². The first-order valence-electron chi connectivity index (χ1n) is 7.71. The third kappa shape index (κ3) is 2.80. The lowest BCUT2D eigenvalue weighted by Crippen LogP contribution is -2.25. The molecule has 0 radical (unpaired) electrons. The number of aliphatic imine (C=N–C) groups is 1. The Morgan fingerprint density at radius 3 is 2.40 bits per heavy atom. The highest BCUT2D eigenvalue weighted by molar-refractivity contribution is 14.1. The van der Waals surface area contributed by atoms with E-state index < -0.39 is 0 Å². The van der Waals surface area contributed by atoms with Crippen molar-refractivity contribution in [1.29, 1.82) is 0 Å². The molecule has 1 amide bonds. The number of hydrogen-bond donors (Lipinski definition) is 1. The van der Waals surface area contributed by atoms with Gasteiger partial charge in [0.15, 0.2) is 0 Å². The second kappa shape index (κ2) is 6.33. The summed E-state index contributed by atoms with van der Waals surface area (Å²) in [6, 6.07) is 22.2. The van der Waals surface area contributed by atoms with Gasteiger partial charge in [0.05, 0.1) is 5.69 Å². The van der Waals surface area contributed by atoms with Crippen LogP contribution in [0.4, 0.5) is 17.1 Å². The van der Waals surface area contributed by atoms with Gasteiger partial charge in [0.1, 0.15) is 17.1 Å². The van der Waals surface area contributed by atoms with Crippen LogP contribution in [0.3, 0.4) is 0 Å². The Kier molecular flexibility index (Phi) is 4.01. The Bertz CT molecular complexity index is 1000. The number of aromatic hydroxyl groups is 1. The molecule has 0 aromatic heterocycles. The van der Waals surface area contributed by atoms with E-state index in [1.807, 2.05) is 60.7 Å². The van der Waals surface area contributed by atoms with Gasteiger partial charge in [-0.2, -0.15) is 0 Å². The number of anilines is 2. The monoisotopic (exact) mass is 440 g/mol. The van der Waals surface area contributed by atoms with Crippen LogP contribution in [0.2, 0.25) is 0 Å². The molecule has 5 heteroatoms. The summed E-state index contributed by atoms with van der Waals surface area (Å²) in [5, 5.41) is 10.1. The number of carbonyl (C=O) groups is 1. The fourth-order valence-corrected chi connectivity index (χ4v) is 3.33. The van der Waals surface area contributed by atoms with Crippen LogP contribution in [0, 0.1) is 3.57 Å². The van der Waals surface area contributed by atoms with E-state index in [0.717, 1.165) is 20.5 Å². The molecule has 0 bridgehead atoms. The number of halogens is 1. The first kappa shape index (κ1) is 15.8. The van der Waals surface area contributed by atoms with Gasteiger partial charge in [-0.25, -0.2) is 4.99 Å². The average Bonchev–Trinajstić information content (AvgIpc) is 2.90. The largest absolute Gasteiger partial charge is 0.506 e. The molecule has 3 aromatic rings. The molecule has 4 rings (SSSR count). The van der Waals surface area contributed by atoms with Gasteiger partial charge >= 0.3 is 0 Å². The van der Waals surface area contributed by atoms with Crippen molar-refractivity contribution in [1.82, 2.24) is 0 Å². The van der Waals surface area contributed by atoms with Crippen LogP contribution >= 0.6 is 22.6 Å². The maximum Gasteiger partial charge on any atom is 0.282 e. The van der Waals surface area contributed by atoms with Gasteiger partial charge < -0.3 is 5.11 Å². The van der Waals surface area contributed by atoms with Crippen molar-refractivity contribution in [3.8, 4) is 5.75 Å². The van der Waals surface area contributed by atoms with Crippen molar-refractivity contribution in [2.24, 2.45) is 4.99 Å². The lowest BCUT2D eigenvalue weighted by Gasteiger charge is -2.16. The second-order valence-electron chi connectivity index (χ2n) is 5.59.